The van der Waals surface area contributed by atoms with Crippen LogP contribution in [-0.4, -0.2) is 16.4 Å². The average Bonchev–Trinajstić information content (AvgIpc) is 2.45. The largest absolute Gasteiger partial charge is 0.508 e. The first-order valence-electron chi connectivity index (χ1n) is 8.19. The predicted octanol–water partition coefficient (Wildman–Crippen LogP) is 5.44. The maximum absolute atomic E-state index is 10.7. The molecule has 0 bridgehead atoms. The maximum Gasteiger partial charge on any atom is 0.144 e. The quantitative estimate of drug-likeness (QED) is 0.722. The van der Waals surface area contributed by atoms with Gasteiger partial charge in [-0.15, -0.1) is 0 Å². The normalized spacial score (nSPS) is 12.8. The van der Waals surface area contributed by atoms with Crippen LogP contribution in [0.4, 0.5) is 5.69 Å². The van der Waals surface area contributed by atoms with Gasteiger partial charge in [-0.05, 0) is 52.3 Å². The van der Waals surface area contributed by atoms with E-state index in [1.807, 2.05) is 6.07 Å². The van der Waals surface area contributed by atoms with Gasteiger partial charge < -0.3 is 10.2 Å². The summed E-state index contributed by atoms with van der Waals surface area (Å²) in [4.78, 5) is 4.50. The molecule has 0 saturated heterocycles. The number of rotatable bonds is 2. The molecule has 24 heavy (non-hydrogen) atoms. The second-order valence-electron chi connectivity index (χ2n) is 8.24. The van der Waals surface area contributed by atoms with E-state index in [-0.39, 0.29) is 22.3 Å². The van der Waals surface area contributed by atoms with Crippen LogP contribution in [-0.2, 0) is 10.8 Å². The molecule has 0 amide bonds. The smallest absolute Gasteiger partial charge is 0.144 e. The highest BCUT2D eigenvalue weighted by Crippen LogP contribution is 2.41. The van der Waals surface area contributed by atoms with Gasteiger partial charge in [-0.3, -0.25) is 4.99 Å². The number of phenolic OH excluding ortho intramolecular Hbond substituents is 2. The van der Waals surface area contributed by atoms with Gasteiger partial charge in [0, 0.05) is 11.8 Å². The summed E-state index contributed by atoms with van der Waals surface area (Å²) in [6, 6.07) is 10.8. The Morgan fingerprint density at radius 3 is 1.92 bits per heavy atom. The Kier molecular flexibility index (Phi) is 4.75. The lowest BCUT2D eigenvalue weighted by Crippen LogP contribution is -2.16. The predicted molar refractivity (Wildman–Crippen MR) is 101 cm³/mol. The monoisotopic (exact) mass is 325 g/mol. The number of aromatic hydroxyl groups is 2. The SMILES string of the molecule is CC(C)(C)c1cc(/N=C/c2ccc(O)cc2)c(O)c(C(C)(C)C)c1. The zero-order valence-corrected chi connectivity index (χ0v) is 15.4. The van der Waals surface area contributed by atoms with Crippen molar-refractivity contribution in [2.24, 2.45) is 4.99 Å². The van der Waals surface area contributed by atoms with Crippen LogP contribution in [0.3, 0.4) is 0 Å². The van der Waals surface area contributed by atoms with E-state index >= 15 is 0 Å². The summed E-state index contributed by atoms with van der Waals surface area (Å²) in [6.07, 6.45) is 1.70. The van der Waals surface area contributed by atoms with Crippen molar-refractivity contribution in [2.75, 3.05) is 0 Å². The molecule has 0 aliphatic carbocycles. The van der Waals surface area contributed by atoms with E-state index in [0.717, 1.165) is 16.7 Å². The van der Waals surface area contributed by atoms with Gasteiger partial charge in [-0.25, -0.2) is 0 Å². The molecule has 0 unspecified atom stereocenters. The Labute approximate surface area is 144 Å². The average molecular weight is 325 g/mol. The fourth-order valence-electron chi connectivity index (χ4n) is 2.43. The molecule has 0 aliphatic rings. The molecular formula is C21H27NO2. The molecule has 0 spiro atoms. The molecule has 0 aromatic heterocycles. The highest BCUT2D eigenvalue weighted by molar-refractivity contribution is 5.83. The summed E-state index contributed by atoms with van der Waals surface area (Å²) in [5.41, 5.74) is 3.27. The molecule has 0 heterocycles. The molecule has 0 atom stereocenters. The van der Waals surface area contributed by atoms with E-state index in [2.05, 4.69) is 52.6 Å². The molecule has 3 heteroatoms. The van der Waals surface area contributed by atoms with Gasteiger partial charge in [-0.2, -0.15) is 0 Å². The summed E-state index contributed by atoms with van der Waals surface area (Å²) in [5, 5.41) is 20.0. The number of benzene rings is 2. The van der Waals surface area contributed by atoms with Gasteiger partial charge >= 0.3 is 0 Å². The van der Waals surface area contributed by atoms with Crippen molar-refractivity contribution >= 4 is 11.9 Å². The summed E-state index contributed by atoms with van der Waals surface area (Å²) in [5.74, 6) is 0.449. The van der Waals surface area contributed by atoms with Crippen LogP contribution < -0.4 is 0 Å². The van der Waals surface area contributed by atoms with E-state index in [0.29, 0.717) is 5.69 Å². The number of hydrogen-bond acceptors (Lipinski definition) is 3. The van der Waals surface area contributed by atoms with Crippen LogP contribution in [0.1, 0.15) is 58.2 Å². The molecule has 2 N–H and O–H groups in total. The third-order valence-electron chi connectivity index (χ3n) is 4.01. The fourth-order valence-corrected chi connectivity index (χ4v) is 2.43. The van der Waals surface area contributed by atoms with Crippen molar-refractivity contribution < 1.29 is 10.2 Å². The van der Waals surface area contributed by atoms with E-state index < -0.39 is 0 Å². The standard InChI is InChI=1S/C21H27NO2/c1-20(2,3)15-11-17(21(4,5)6)19(24)18(12-15)22-13-14-7-9-16(23)10-8-14/h7-13,23-24H,1-6H3/b22-13+. The first-order valence-corrected chi connectivity index (χ1v) is 8.19. The second kappa shape index (κ2) is 6.31. The molecule has 0 fully saturated rings. The molecule has 0 saturated carbocycles. The van der Waals surface area contributed by atoms with Crippen LogP contribution >= 0.6 is 0 Å². The molecule has 3 nitrogen and oxygen atoms in total. The van der Waals surface area contributed by atoms with Crippen molar-refractivity contribution in [2.45, 2.75) is 52.4 Å². The molecule has 0 aliphatic heterocycles. The number of phenols is 2. The first-order chi connectivity index (χ1) is 11.0. The summed E-state index contributed by atoms with van der Waals surface area (Å²) < 4.78 is 0. The zero-order chi connectivity index (χ0) is 18.1. The van der Waals surface area contributed by atoms with Gasteiger partial charge in [-0.1, -0.05) is 47.6 Å². The van der Waals surface area contributed by atoms with Gasteiger partial charge in [0.1, 0.15) is 17.2 Å². The summed E-state index contributed by atoms with van der Waals surface area (Å²) >= 11 is 0. The van der Waals surface area contributed by atoms with Crippen LogP contribution in [0.15, 0.2) is 41.4 Å². The Morgan fingerprint density at radius 2 is 1.42 bits per heavy atom. The maximum atomic E-state index is 10.7. The lowest BCUT2D eigenvalue weighted by atomic mass is 9.80. The molecule has 0 radical (unpaired) electrons. The summed E-state index contributed by atoms with van der Waals surface area (Å²) in [6.45, 7) is 12.7. The van der Waals surface area contributed by atoms with Crippen molar-refractivity contribution in [3.8, 4) is 11.5 Å². The van der Waals surface area contributed by atoms with E-state index in [1.54, 1.807) is 30.5 Å². The minimum Gasteiger partial charge on any atom is -0.508 e. The van der Waals surface area contributed by atoms with E-state index in [1.165, 1.54) is 0 Å². The topological polar surface area (TPSA) is 52.8 Å². The third-order valence-corrected chi connectivity index (χ3v) is 4.01. The third kappa shape index (κ3) is 4.16. The fraction of sp³-hybridized carbons (Fsp3) is 0.381. The lowest BCUT2D eigenvalue weighted by molar-refractivity contribution is 0.446. The van der Waals surface area contributed by atoms with E-state index in [9.17, 15) is 10.2 Å². The van der Waals surface area contributed by atoms with Crippen molar-refractivity contribution in [1.82, 2.24) is 0 Å². The van der Waals surface area contributed by atoms with Gasteiger partial charge in [0.05, 0.1) is 0 Å². The molecule has 2 aromatic carbocycles. The van der Waals surface area contributed by atoms with E-state index in [4.69, 9.17) is 0 Å². The zero-order valence-electron chi connectivity index (χ0n) is 15.4. The Morgan fingerprint density at radius 1 is 0.833 bits per heavy atom. The van der Waals surface area contributed by atoms with Gasteiger partial charge in [0.15, 0.2) is 0 Å². The molecule has 2 aromatic rings. The Bertz CT molecular complexity index is 745. The van der Waals surface area contributed by atoms with Crippen molar-refractivity contribution in [1.29, 1.82) is 0 Å². The van der Waals surface area contributed by atoms with Gasteiger partial charge in [0.2, 0.25) is 0 Å². The Hall–Kier alpha value is -2.29. The lowest BCUT2D eigenvalue weighted by Gasteiger charge is -2.26. The highest BCUT2D eigenvalue weighted by atomic mass is 16.3. The molecular weight excluding hydrogens is 298 g/mol. The summed E-state index contributed by atoms with van der Waals surface area (Å²) in [7, 11) is 0. The Balaban J connectivity index is 2.54. The van der Waals surface area contributed by atoms with Crippen LogP contribution in [0.5, 0.6) is 11.5 Å². The first kappa shape index (κ1) is 18.1. The number of hydrogen-bond donors (Lipinski definition) is 2. The van der Waals surface area contributed by atoms with Gasteiger partial charge in [0.25, 0.3) is 0 Å². The van der Waals surface area contributed by atoms with Crippen molar-refractivity contribution in [3.63, 3.8) is 0 Å². The molecule has 128 valence electrons. The highest BCUT2D eigenvalue weighted by Gasteiger charge is 2.24. The van der Waals surface area contributed by atoms with Crippen LogP contribution in [0.2, 0.25) is 0 Å². The minimum atomic E-state index is -0.172. The minimum absolute atomic E-state index is 0.0312. The number of aliphatic imine (C=N–C) groups is 1. The molecule has 2 rings (SSSR count). The number of nitrogens with zero attached hydrogens (tertiary/aromatic N) is 1. The van der Waals surface area contributed by atoms with Crippen LogP contribution in [0, 0.1) is 0 Å². The van der Waals surface area contributed by atoms with Crippen LogP contribution in [0.25, 0.3) is 0 Å². The second-order valence-corrected chi connectivity index (χ2v) is 8.24. The van der Waals surface area contributed by atoms with Crippen molar-refractivity contribution in [3.05, 3.63) is 53.1 Å².